The molecule has 136 valence electrons. The smallest absolute Gasteiger partial charge is 0.416 e. The normalized spacial score (nSPS) is 19.6. The fourth-order valence-corrected chi connectivity index (χ4v) is 2.78. The molecular formula is C17H20F3N3O2. The highest BCUT2D eigenvalue weighted by Gasteiger charge is 2.30. The Morgan fingerprint density at radius 1 is 1.28 bits per heavy atom. The second-order valence-electron chi connectivity index (χ2n) is 6.09. The van der Waals surface area contributed by atoms with Crippen LogP contribution in [0.25, 0.3) is 0 Å². The summed E-state index contributed by atoms with van der Waals surface area (Å²) in [5.41, 5.74) is 0.410. The number of hydrogen-bond donors (Lipinski definition) is 0. The molecule has 2 heterocycles. The third-order valence-electron chi connectivity index (χ3n) is 3.97. The van der Waals surface area contributed by atoms with Crippen LogP contribution >= 0.6 is 0 Å². The zero-order valence-electron chi connectivity index (χ0n) is 13.9. The SMILES string of the molecule is Cn1cc(CN2CCOC[C@H](Oc3ccc(C(F)(F)F)cc3)C2)cn1. The van der Waals surface area contributed by atoms with Gasteiger partial charge in [-0.05, 0) is 24.3 Å². The first-order valence-corrected chi connectivity index (χ1v) is 8.02. The number of ether oxygens (including phenoxy) is 2. The lowest BCUT2D eigenvalue weighted by atomic mass is 10.2. The van der Waals surface area contributed by atoms with Gasteiger partial charge in [-0.1, -0.05) is 0 Å². The minimum absolute atomic E-state index is 0.240. The van der Waals surface area contributed by atoms with Crippen molar-refractivity contribution in [3.63, 3.8) is 0 Å². The highest BCUT2D eigenvalue weighted by atomic mass is 19.4. The van der Waals surface area contributed by atoms with E-state index < -0.39 is 11.7 Å². The summed E-state index contributed by atoms with van der Waals surface area (Å²) in [5, 5.41) is 4.16. The second-order valence-corrected chi connectivity index (χ2v) is 6.09. The van der Waals surface area contributed by atoms with Gasteiger partial charge in [0.05, 0.1) is 25.0 Å². The molecule has 1 saturated heterocycles. The third kappa shape index (κ3) is 4.96. The molecule has 2 aromatic rings. The van der Waals surface area contributed by atoms with E-state index in [9.17, 15) is 13.2 Å². The van der Waals surface area contributed by atoms with Crippen molar-refractivity contribution in [3.8, 4) is 5.75 Å². The Bertz CT molecular complexity index is 685. The molecule has 1 fully saturated rings. The van der Waals surface area contributed by atoms with Gasteiger partial charge in [0, 0.05) is 38.4 Å². The van der Waals surface area contributed by atoms with Crippen LogP contribution in [0.3, 0.4) is 0 Å². The zero-order valence-corrected chi connectivity index (χ0v) is 13.9. The first-order valence-electron chi connectivity index (χ1n) is 8.02. The van der Waals surface area contributed by atoms with E-state index in [4.69, 9.17) is 9.47 Å². The maximum absolute atomic E-state index is 12.6. The van der Waals surface area contributed by atoms with Crippen LogP contribution in [0.4, 0.5) is 13.2 Å². The first kappa shape index (κ1) is 17.8. The van der Waals surface area contributed by atoms with E-state index in [1.54, 1.807) is 4.68 Å². The monoisotopic (exact) mass is 355 g/mol. The van der Waals surface area contributed by atoms with Crippen LogP contribution in [0.5, 0.6) is 5.75 Å². The third-order valence-corrected chi connectivity index (χ3v) is 3.97. The Balaban J connectivity index is 1.61. The van der Waals surface area contributed by atoms with Gasteiger partial charge in [-0.25, -0.2) is 0 Å². The number of alkyl halides is 3. The number of nitrogens with zero attached hydrogens (tertiary/aromatic N) is 3. The number of aromatic nitrogens is 2. The molecule has 3 rings (SSSR count). The van der Waals surface area contributed by atoms with Crippen LogP contribution in [0.2, 0.25) is 0 Å². The van der Waals surface area contributed by atoms with E-state index in [-0.39, 0.29) is 6.10 Å². The van der Waals surface area contributed by atoms with Crippen molar-refractivity contribution in [3.05, 3.63) is 47.8 Å². The summed E-state index contributed by atoms with van der Waals surface area (Å²) in [7, 11) is 1.87. The van der Waals surface area contributed by atoms with E-state index >= 15 is 0 Å². The summed E-state index contributed by atoms with van der Waals surface area (Å²) in [4.78, 5) is 2.19. The quantitative estimate of drug-likeness (QED) is 0.846. The van der Waals surface area contributed by atoms with Crippen molar-refractivity contribution < 1.29 is 22.6 Å². The number of aryl methyl sites for hydroxylation is 1. The van der Waals surface area contributed by atoms with Crippen molar-refractivity contribution in [2.24, 2.45) is 7.05 Å². The Kier molecular flexibility index (Phi) is 5.29. The molecule has 1 aliphatic heterocycles. The number of hydrogen-bond acceptors (Lipinski definition) is 4. The van der Waals surface area contributed by atoms with Gasteiger partial charge in [0.15, 0.2) is 0 Å². The Morgan fingerprint density at radius 2 is 2.04 bits per heavy atom. The van der Waals surface area contributed by atoms with E-state index in [0.29, 0.717) is 25.5 Å². The molecule has 0 N–H and O–H groups in total. The molecule has 0 unspecified atom stereocenters. The summed E-state index contributed by atoms with van der Waals surface area (Å²) in [6.45, 7) is 3.12. The fourth-order valence-electron chi connectivity index (χ4n) is 2.78. The molecule has 1 aromatic heterocycles. The Morgan fingerprint density at radius 3 is 2.68 bits per heavy atom. The topological polar surface area (TPSA) is 39.5 Å². The largest absolute Gasteiger partial charge is 0.487 e. The minimum Gasteiger partial charge on any atom is -0.487 e. The van der Waals surface area contributed by atoms with Crippen LogP contribution in [0.15, 0.2) is 36.7 Å². The molecule has 25 heavy (non-hydrogen) atoms. The average Bonchev–Trinajstić information content (AvgIpc) is 2.83. The molecule has 0 radical (unpaired) electrons. The fraction of sp³-hybridized carbons (Fsp3) is 0.471. The number of benzene rings is 1. The van der Waals surface area contributed by atoms with Gasteiger partial charge >= 0.3 is 6.18 Å². The summed E-state index contributed by atoms with van der Waals surface area (Å²) < 4.78 is 51.0. The van der Waals surface area contributed by atoms with Gasteiger partial charge in [-0.2, -0.15) is 18.3 Å². The molecular weight excluding hydrogens is 335 g/mol. The van der Waals surface area contributed by atoms with Gasteiger partial charge in [0.1, 0.15) is 11.9 Å². The number of rotatable bonds is 4. The van der Waals surface area contributed by atoms with Gasteiger partial charge in [-0.15, -0.1) is 0 Å². The van der Waals surface area contributed by atoms with Gasteiger partial charge in [-0.3, -0.25) is 9.58 Å². The summed E-state index contributed by atoms with van der Waals surface area (Å²) in [6, 6.07) is 4.75. The predicted molar refractivity (Wildman–Crippen MR) is 85.2 cm³/mol. The van der Waals surface area contributed by atoms with Crippen LogP contribution in [0, 0.1) is 0 Å². The van der Waals surface area contributed by atoms with E-state index in [1.165, 1.54) is 12.1 Å². The Labute approximate surface area is 143 Å². The van der Waals surface area contributed by atoms with E-state index in [2.05, 4.69) is 10.00 Å². The molecule has 8 heteroatoms. The molecule has 0 saturated carbocycles. The lowest BCUT2D eigenvalue weighted by Crippen LogP contribution is -2.35. The molecule has 1 atom stereocenters. The van der Waals surface area contributed by atoms with Crippen molar-refractivity contribution in [2.45, 2.75) is 18.8 Å². The van der Waals surface area contributed by atoms with Crippen LogP contribution in [0.1, 0.15) is 11.1 Å². The second kappa shape index (κ2) is 7.45. The summed E-state index contributed by atoms with van der Waals surface area (Å²) in [5.74, 6) is 0.407. The van der Waals surface area contributed by atoms with E-state index in [1.807, 2.05) is 19.4 Å². The molecule has 0 amide bonds. The van der Waals surface area contributed by atoms with Crippen molar-refractivity contribution in [1.29, 1.82) is 0 Å². The van der Waals surface area contributed by atoms with Crippen LogP contribution in [-0.2, 0) is 24.5 Å². The maximum atomic E-state index is 12.6. The van der Waals surface area contributed by atoms with Crippen LogP contribution < -0.4 is 4.74 Å². The van der Waals surface area contributed by atoms with Crippen molar-refractivity contribution in [1.82, 2.24) is 14.7 Å². The molecule has 1 aliphatic rings. The lowest BCUT2D eigenvalue weighted by Gasteiger charge is -2.23. The lowest BCUT2D eigenvalue weighted by molar-refractivity contribution is -0.137. The maximum Gasteiger partial charge on any atom is 0.416 e. The standard InChI is InChI=1S/C17H20F3N3O2/c1-22-9-13(8-21-22)10-23-6-7-24-12-16(11-23)25-15-4-2-14(3-5-15)17(18,19)20/h2-5,8-9,16H,6-7,10-12H2,1H3/t16-/m1/s1. The predicted octanol–water partition coefficient (Wildman–Crippen LogP) is 2.72. The molecule has 0 aliphatic carbocycles. The van der Waals surface area contributed by atoms with Gasteiger partial charge in [0.25, 0.3) is 0 Å². The van der Waals surface area contributed by atoms with Gasteiger partial charge < -0.3 is 9.47 Å². The highest BCUT2D eigenvalue weighted by Crippen LogP contribution is 2.30. The molecule has 5 nitrogen and oxygen atoms in total. The van der Waals surface area contributed by atoms with Crippen molar-refractivity contribution >= 4 is 0 Å². The first-order chi connectivity index (χ1) is 11.9. The van der Waals surface area contributed by atoms with Crippen LogP contribution in [-0.4, -0.2) is 47.1 Å². The Hall–Kier alpha value is -2.06. The molecule has 0 spiro atoms. The highest BCUT2D eigenvalue weighted by molar-refractivity contribution is 5.29. The average molecular weight is 355 g/mol. The van der Waals surface area contributed by atoms with Gasteiger partial charge in [0.2, 0.25) is 0 Å². The molecule has 0 bridgehead atoms. The number of halogens is 3. The minimum atomic E-state index is -4.34. The summed E-state index contributed by atoms with van der Waals surface area (Å²) >= 11 is 0. The van der Waals surface area contributed by atoms with Crippen molar-refractivity contribution in [2.75, 3.05) is 26.3 Å². The molecule has 1 aromatic carbocycles. The summed E-state index contributed by atoms with van der Waals surface area (Å²) in [6.07, 6.45) is -0.810. The zero-order chi connectivity index (χ0) is 17.9. The van der Waals surface area contributed by atoms with E-state index in [0.717, 1.165) is 30.8 Å².